The lowest BCUT2D eigenvalue weighted by molar-refractivity contribution is -0.113. The molecule has 0 atom stereocenters. The summed E-state index contributed by atoms with van der Waals surface area (Å²) >= 11 is 4.21. The quantitative estimate of drug-likeness (QED) is 0.294. The second kappa shape index (κ2) is 9.90. The molecule has 0 fully saturated rings. The highest BCUT2D eigenvalue weighted by molar-refractivity contribution is 9.10. The first-order valence-corrected chi connectivity index (χ1v) is 12.8. The summed E-state index contributed by atoms with van der Waals surface area (Å²) in [5, 5.41) is 2.38. The maximum atomic E-state index is 13.3. The van der Waals surface area contributed by atoms with Crippen molar-refractivity contribution in [1.29, 1.82) is 0 Å². The summed E-state index contributed by atoms with van der Waals surface area (Å²) in [6, 6.07) is 20.4. The number of thioether (sulfide) groups is 1. The van der Waals surface area contributed by atoms with Gasteiger partial charge >= 0.3 is 0 Å². The van der Waals surface area contributed by atoms with Crippen LogP contribution < -0.4 is 5.32 Å². The molecule has 0 unspecified atom stereocenters. The maximum absolute atomic E-state index is 13.3. The van der Waals surface area contributed by atoms with Crippen molar-refractivity contribution in [2.75, 3.05) is 11.1 Å². The van der Waals surface area contributed by atoms with Crippen LogP contribution in [0.4, 0.5) is 10.1 Å². The van der Waals surface area contributed by atoms with Crippen LogP contribution in [0.2, 0.25) is 0 Å². The molecule has 0 bridgehead atoms. The number of halogens is 2. The molecule has 1 aromatic heterocycles. The second-order valence-electron chi connectivity index (χ2n) is 6.78. The number of sulfone groups is 1. The summed E-state index contributed by atoms with van der Waals surface area (Å²) in [6.45, 7) is 0. The van der Waals surface area contributed by atoms with Crippen LogP contribution in [0, 0.1) is 5.82 Å². The van der Waals surface area contributed by atoms with Crippen LogP contribution >= 0.6 is 27.7 Å². The van der Waals surface area contributed by atoms with Gasteiger partial charge in [0.2, 0.25) is 31.8 Å². The van der Waals surface area contributed by atoms with Crippen molar-refractivity contribution in [2.45, 2.75) is 15.0 Å². The summed E-state index contributed by atoms with van der Waals surface area (Å²) < 4.78 is 46.2. The minimum absolute atomic E-state index is 0.00558. The van der Waals surface area contributed by atoms with Crippen molar-refractivity contribution in [3.8, 4) is 11.5 Å². The van der Waals surface area contributed by atoms with Crippen LogP contribution in [0.25, 0.3) is 11.5 Å². The fraction of sp³-hybridized carbons (Fsp3) is 0.0435. The summed E-state index contributed by atoms with van der Waals surface area (Å²) in [5.74, 6) is -0.826. The molecular formula is C23H16BrFN2O4S2. The van der Waals surface area contributed by atoms with Gasteiger partial charge in [0.15, 0.2) is 0 Å². The van der Waals surface area contributed by atoms with Crippen LogP contribution in [0.5, 0.6) is 0 Å². The van der Waals surface area contributed by atoms with Crippen LogP contribution in [0.3, 0.4) is 0 Å². The lowest BCUT2D eigenvalue weighted by Crippen LogP contribution is -2.14. The Morgan fingerprint density at radius 2 is 1.67 bits per heavy atom. The third-order valence-electron chi connectivity index (χ3n) is 4.43. The molecule has 4 aromatic rings. The molecule has 1 heterocycles. The number of nitrogens with zero attached hydrogens (tertiary/aromatic N) is 1. The minimum Gasteiger partial charge on any atom is -0.428 e. The summed E-state index contributed by atoms with van der Waals surface area (Å²) in [7, 11) is -4.01. The van der Waals surface area contributed by atoms with E-state index in [-0.39, 0.29) is 26.7 Å². The molecule has 0 spiro atoms. The van der Waals surface area contributed by atoms with Gasteiger partial charge in [0.25, 0.3) is 0 Å². The molecular weight excluding hydrogens is 531 g/mol. The number of rotatable bonds is 7. The van der Waals surface area contributed by atoms with Gasteiger partial charge in [-0.1, -0.05) is 45.9 Å². The molecule has 0 saturated heterocycles. The van der Waals surface area contributed by atoms with Gasteiger partial charge in [-0.15, -0.1) is 0 Å². The first kappa shape index (κ1) is 23.2. The Kier molecular flexibility index (Phi) is 6.96. The SMILES string of the molecule is O=C(CSc1oc(-c2ccccc2)nc1S(=O)(=O)c1ccc(Br)cc1)Nc1ccc(F)cc1. The topological polar surface area (TPSA) is 89.3 Å². The third-order valence-corrected chi connectivity index (χ3v) is 7.71. The number of amides is 1. The lowest BCUT2D eigenvalue weighted by Gasteiger charge is -2.05. The van der Waals surface area contributed by atoms with Gasteiger partial charge in [0, 0.05) is 15.7 Å². The number of oxazole rings is 1. The number of carbonyl (C=O) groups is 1. The number of aromatic nitrogens is 1. The highest BCUT2D eigenvalue weighted by Crippen LogP contribution is 2.35. The number of anilines is 1. The minimum atomic E-state index is -4.01. The Labute approximate surface area is 202 Å². The fourth-order valence-electron chi connectivity index (χ4n) is 2.84. The Hall–Kier alpha value is -2.95. The highest BCUT2D eigenvalue weighted by atomic mass is 79.9. The van der Waals surface area contributed by atoms with Gasteiger partial charge in [-0.3, -0.25) is 4.79 Å². The largest absolute Gasteiger partial charge is 0.428 e. The van der Waals surface area contributed by atoms with E-state index in [1.807, 2.05) is 6.07 Å². The normalized spacial score (nSPS) is 11.3. The molecule has 6 nitrogen and oxygen atoms in total. The first-order valence-electron chi connectivity index (χ1n) is 9.58. The standard InChI is InChI=1S/C23H16BrFN2O4S2/c24-16-6-12-19(13-7-16)33(29,30)22-23(31-21(27-22)15-4-2-1-3-5-15)32-14-20(28)26-18-10-8-17(25)9-11-18/h1-13H,14H2,(H,26,28). The molecule has 168 valence electrons. The van der Waals surface area contributed by atoms with Crippen molar-refractivity contribution in [3.05, 3.63) is 89.2 Å². The van der Waals surface area contributed by atoms with E-state index in [9.17, 15) is 17.6 Å². The Balaban J connectivity index is 1.63. The Bertz CT molecular complexity index is 1370. The van der Waals surface area contributed by atoms with Crippen LogP contribution in [-0.2, 0) is 14.6 Å². The van der Waals surface area contributed by atoms with E-state index >= 15 is 0 Å². The molecule has 10 heteroatoms. The molecule has 0 saturated carbocycles. The third kappa shape index (κ3) is 5.52. The number of hydrogen-bond acceptors (Lipinski definition) is 6. The summed E-state index contributed by atoms with van der Waals surface area (Å²) in [5.41, 5.74) is 1.03. The van der Waals surface area contributed by atoms with E-state index in [1.165, 1.54) is 36.4 Å². The van der Waals surface area contributed by atoms with Crippen molar-refractivity contribution < 1.29 is 22.0 Å². The van der Waals surface area contributed by atoms with E-state index < -0.39 is 21.6 Å². The molecule has 0 aliphatic rings. The summed E-state index contributed by atoms with van der Waals surface area (Å²) in [6.07, 6.45) is 0. The Morgan fingerprint density at radius 1 is 1.00 bits per heavy atom. The average molecular weight is 547 g/mol. The monoisotopic (exact) mass is 546 g/mol. The second-order valence-corrected chi connectivity index (χ2v) is 10.5. The van der Waals surface area contributed by atoms with Gasteiger partial charge in [-0.25, -0.2) is 12.8 Å². The van der Waals surface area contributed by atoms with Crippen molar-refractivity contribution in [3.63, 3.8) is 0 Å². The zero-order valence-corrected chi connectivity index (χ0v) is 20.1. The predicted octanol–water partition coefficient (Wildman–Crippen LogP) is 5.81. The average Bonchev–Trinajstić information content (AvgIpc) is 3.25. The number of benzene rings is 3. The smallest absolute Gasteiger partial charge is 0.234 e. The molecule has 33 heavy (non-hydrogen) atoms. The molecule has 0 radical (unpaired) electrons. The first-order chi connectivity index (χ1) is 15.8. The van der Waals surface area contributed by atoms with E-state index in [4.69, 9.17) is 4.42 Å². The zero-order valence-electron chi connectivity index (χ0n) is 16.9. The zero-order chi connectivity index (χ0) is 23.4. The van der Waals surface area contributed by atoms with Crippen LogP contribution in [0.1, 0.15) is 0 Å². The maximum Gasteiger partial charge on any atom is 0.234 e. The Morgan fingerprint density at radius 3 is 2.33 bits per heavy atom. The van der Waals surface area contributed by atoms with Gasteiger partial charge in [0.1, 0.15) is 5.82 Å². The van der Waals surface area contributed by atoms with Crippen LogP contribution in [-0.4, -0.2) is 25.1 Å². The van der Waals surface area contributed by atoms with E-state index in [2.05, 4.69) is 26.2 Å². The van der Waals surface area contributed by atoms with Crippen molar-refractivity contribution >= 4 is 49.1 Å². The van der Waals surface area contributed by atoms with E-state index in [1.54, 1.807) is 36.4 Å². The van der Waals surface area contributed by atoms with E-state index in [0.29, 0.717) is 11.3 Å². The highest BCUT2D eigenvalue weighted by Gasteiger charge is 2.29. The fourth-order valence-corrected chi connectivity index (χ4v) is 5.44. The van der Waals surface area contributed by atoms with Crippen molar-refractivity contribution in [1.82, 2.24) is 4.98 Å². The summed E-state index contributed by atoms with van der Waals surface area (Å²) in [4.78, 5) is 16.7. The molecule has 0 aliphatic carbocycles. The lowest BCUT2D eigenvalue weighted by atomic mass is 10.2. The number of nitrogens with one attached hydrogen (secondary N) is 1. The molecule has 4 rings (SSSR count). The molecule has 0 aliphatic heterocycles. The molecule has 1 amide bonds. The number of hydrogen-bond donors (Lipinski definition) is 1. The van der Waals surface area contributed by atoms with Gasteiger partial charge in [-0.2, -0.15) is 4.98 Å². The van der Waals surface area contributed by atoms with Gasteiger partial charge in [0.05, 0.1) is 10.6 Å². The molecule has 3 aromatic carbocycles. The van der Waals surface area contributed by atoms with E-state index in [0.717, 1.165) is 16.2 Å². The van der Waals surface area contributed by atoms with Crippen molar-refractivity contribution in [2.24, 2.45) is 0 Å². The predicted molar refractivity (Wildman–Crippen MR) is 127 cm³/mol. The van der Waals surface area contributed by atoms with Gasteiger partial charge < -0.3 is 9.73 Å². The van der Waals surface area contributed by atoms with Crippen LogP contribution in [0.15, 0.2) is 103 Å². The van der Waals surface area contributed by atoms with Gasteiger partial charge in [-0.05, 0) is 60.7 Å². The number of carbonyl (C=O) groups excluding carboxylic acids is 1. The molecule has 1 N–H and O–H groups in total.